The van der Waals surface area contributed by atoms with Crippen LogP contribution in [-0.2, 0) is 7.05 Å². The van der Waals surface area contributed by atoms with Gasteiger partial charge < -0.3 is 4.90 Å². The van der Waals surface area contributed by atoms with Gasteiger partial charge in [-0.25, -0.2) is 9.97 Å². The van der Waals surface area contributed by atoms with Crippen molar-refractivity contribution in [2.45, 2.75) is 12.8 Å². The Morgan fingerprint density at radius 3 is 2.76 bits per heavy atom. The molecule has 0 spiro atoms. The molecular formula is C13H16N4. The van der Waals surface area contributed by atoms with E-state index in [9.17, 15) is 0 Å². The Balaban J connectivity index is 2.00. The molecule has 2 aromatic rings. The lowest BCUT2D eigenvalue weighted by molar-refractivity contribution is 0.658. The molecule has 0 atom stereocenters. The summed E-state index contributed by atoms with van der Waals surface area (Å²) in [5.41, 5.74) is 3.26. The van der Waals surface area contributed by atoms with Crippen molar-refractivity contribution in [1.82, 2.24) is 14.5 Å². The molecule has 17 heavy (non-hydrogen) atoms. The van der Waals surface area contributed by atoms with E-state index in [-0.39, 0.29) is 0 Å². The third-order valence-electron chi connectivity index (χ3n) is 3.36. The first-order valence-electron chi connectivity index (χ1n) is 5.95. The van der Waals surface area contributed by atoms with Crippen LogP contribution >= 0.6 is 0 Å². The molecule has 1 aliphatic rings. The van der Waals surface area contributed by atoms with Gasteiger partial charge in [0.15, 0.2) is 5.65 Å². The number of anilines is 1. The monoisotopic (exact) mass is 228 g/mol. The highest BCUT2D eigenvalue weighted by Crippen LogP contribution is 2.23. The van der Waals surface area contributed by atoms with Gasteiger partial charge in [-0.3, -0.25) is 4.57 Å². The Kier molecular flexibility index (Phi) is 2.35. The number of aromatic nitrogens is 3. The summed E-state index contributed by atoms with van der Waals surface area (Å²) >= 11 is 0. The summed E-state index contributed by atoms with van der Waals surface area (Å²) in [5.74, 6) is 1.02. The van der Waals surface area contributed by atoms with Crippen molar-refractivity contribution in [2.24, 2.45) is 7.05 Å². The van der Waals surface area contributed by atoms with Crippen LogP contribution in [0.25, 0.3) is 11.2 Å². The summed E-state index contributed by atoms with van der Waals surface area (Å²) in [6.07, 6.45) is 3.94. The third kappa shape index (κ3) is 1.69. The fourth-order valence-electron chi connectivity index (χ4n) is 2.32. The molecule has 4 nitrogen and oxygen atoms in total. The SMILES string of the molecule is C=C1CCN(c2nc3cccnc3n2C)CC1. The Bertz CT molecular complexity index is 560. The van der Waals surface area contributed by atoms with Crippen LogP contribution in [0.15, 0.2) is 30.5 Å². The van der Waals surface area contributed by atoms with Crippen LogP contribution in [0, 0.1) is 0 Å². The maximum atomic E-state index is 4.66. The summed E-state index contributed by atoms with van der Waals surface area (Å²) in [6.45, 7) is 6.06. The molecule has 1 aliphatic heterocycles. The Labute approximate surface area is 101 Å². The van der Waals surface area contributed by atoms with Gasteiger partial charge in [0, 0.05) is 26.3 Å². The van der Waals surface area contributed by atoms with Gasteiger partial charge in [-0.05, 0) is 25.0 Å². The summed E-state index contributed by atoms with van der Waals surface area (Å²) in [5, 5.41) is 0. The van der Waals surface area contributed by atoms with E-state index in [1.807, 2.05) is 25.4 Å². The molecule has 4 heteroatoms. The zero-order chi connectivity index (χ0) is 11.8. The fourth-order valence-corrected chi connectivity index (χ4v) is 2.32. The van der Waals surface area contributed by atoms with Crippen LogP contribution in [0.3, 0.4) is 0 Å². The summed E-state index contributed by atoms with van der Waals surface area (Å²) < 4.78 is 2.07. The molecule has 0 unspecified atom stereocenters. The van der Waals surface area contributed by atoms with Crippen molar-refractivity contribution < 1.29 is 0 Å². The molecule has 1 fully saturated rings. The van der Waals surface area contributed by atoms with Gasteiger partial charge in [-0.15, -0.1) is 0 Å². The Morgan fingerprint density at radius 2 is 2.06 bits per heavy atom. The standard InChI is InChI=1S/C13H16N4/c1-10-5-8-17(9-6-10)13-15-11-4-3-7-14-12(11)16(13)2/h3-4,7H,1,5-6,8-9H2,2H3. The zero-order valence-electron chi connectivity index (χ0n) is 10.1. The summed E-state index contributed by atoms with van der Waals surface area (Å²) in [7, 11) is 2.03. The largest absolute Gasteiger partial charge is 0.342 e. The van der Waals surface area contributed by atoms with Gasteiger partial charge >= 0.3 is 0 Å². The van der Waals surface area contributed by atoms with Gasteiger partial charge in [-0.2, -0.15) is 0 Å². The molecule has 1 saturated heterocycles. The van der Waals surface area contributed by atoms with E-state index in [1.54, 1.807) is 0 Å². The zero-order valence-corrected chi connectivity index (χ0v) is 10.1. The molecular weight excluding hydrogens is 212 g/mol. The number of rotatable bonds is 1. The second-order valence-corrected chi connectivity index (χ2v) is 4.55. The average molecular weight is 228 g/mol. The topological polar surface area (TPSA) is 34.0 Å². The number of pyridine rings is 1. The minimum Gasteiger partial charge on any atom is -0.342 e. The highest BCUT2D eigenvalue weighted by Gasteiger charge is 2.18. The summed E-state index contributed by atoms with van der Waals surface area (Å²) in [4.78, 5) is 11.3. The number of nitrogens with zero attached hydrogens (tertiary/aromatic N) is 4. The fraction of sp³-hybridized carbons (Fsp3) is 0.385. The first-order valence-corrected chi connectivity index (χ1v) is 5.95. The molecule has 0 amide bonds. The number of imidazole rings is 1. The lowest BCUT2D eigenvalue weighted by atomic mass is 10.1. The van der Waals surface area contributed by atoms with E-state index in [2.05, 4.69) is 26.0 Å². The van der Waals surface area contributed by atoms with E-state index >= 15 is 0 Å². The van der Waals surface area contributed by atoms with Crippen LogP contribution in [0.4, 0.5) is 5.95 Å². The minimum atomic E-state index is 0.951. The van der Waals surface area contributed by atoms with Crippen molar-refractivity contribution in [1.29, 1.82) is 0 Å². The maximum Gasteiger partial charge on any atom is 0.207 e. The first-order chi connectivity index (χ1) is 8.25. The van der Waals surface area contributed by atoms with Crippen molar-refractivity contribution >= 4 is 17.1 Å². The Hall–Kier alpha value is -1.84. The van der Waals surface area contributed by atoms with E-state index in [0.717, 1.165) is 43.0 Å². The van der Waals surface area contributed by atoms with Crippen LogP contribution in [0.2, 0.25) is 0 Å². The third-order valence-corrected chi connectivity index (χ3v) is 3.36. The van der Waals surface area contributed by atoms with Crippen LogP contribution in [-0.4, -0.2) is 27.6 Å². The number of aryl methyl sites for hydroxylation is 1. The summed E-state index contributed by atoms with van der Waals surface area (Å²) in [6, 6.07) is 3.94. The lowest BCUT2D eigenvalue weighted by Gasteiger charge is -2.28. The maximum absolute atomic E-state index is 4.66. The second kappa shape index (κ2) is 3.87. The smallest absolute Gasteiger partial charge is 0.207 e. The lowest BCUT2D eigenvalue weighted by Crippen LogP contribution is -2.32. The van der Waals surface area contributed by atoms with Crippen LogP contribution < -0.4 is 4.90 Å². The van der Waals surface area contributed by atoms with Gasteiger partial charge in [0.1, 0.15) is 5.52 Å². The normalized spacial score (nSPS) is 16.8. The molecule has 88 valence electrons. The van der Waals surface area contributed by atoms with Gasteiger partial charge in [-0.1, -0.05) is 12.2 Å². The average Bonchev–Trinajstić information content (AvgIpc) is 2.69. The van der Waals surface area contributed by atoms with Crippen molar-refractivity contribution in [2.75, 3.05) is 18.0 Å². The predicted octanol–water partition coefficient (Wildman–Crippen LogP) is 2.12. The van der Waals surface area contributed by atoms with Gasteiger partial charge in [0.2, 0.25) is 5.95 Å². The quantitative estimate of drug-likeness (QED) is 0.701. The molecule has 0 radical (unpaired) electrons. The van der Waals surface area contributed by atoms with Crippen LogP contribution in [0.1, 0.15) is 12.8 Å². The van der Waals surface area contributed by atoms with E-state index in [0.29, 0.717) is 0 Å². The molecule has 0 aromatic carbocycles. The van der Waals surface area contributed by atoms with E-state index < -0.39 is 0 Å². The molecule has 0 saturated carbocycles. The molecule has 3 heterocycles. The van der Waals surface area contributed by atoms with Crippen molar-refractivity contribution in [3.63, 3.8) is 0 Å². The van der Waals surface area contributed by atoms with E-state index in [1.165, 1.54) is 5.57 Å². The predicted molar refractivity (Wildman–Crippen MR) is 69.1 cm³/mol. The Morgan fingerprint density at radius 1 is 1.29 bits per heavy atom. The second-order valence-electron chi connectivity index (χ2n) is 4.55. The molecule has 2 aromatic heterocycles. The molecule has 0 bridgehead atoms. The minimum absolute atomic E-state index is 0.951. The number of piperidine rings is 1. The van der Waals surface area contributed by atoms with Gasteiger partial charge in [0.05, 0.1) is 0 Å². The number of hydrogen-bond donors (Lipinski definition) is 0. The highest BCUT2D eigenvalue weighted by atomic mass is 15.3. The molecule has 0 N–H and O–H groups in total. The van der Waals surface area contributed by atoms with Crippen molar-refractivity contribution in [3.8, 4) is 0 Å². The highest BCUT2D eigenvalue weighted by molar-refractivity contribution is 5.74. The molecule has 0 aliphatic carbocycles. The number of fused-ring (bicyclic) bond motifs is 1. The van der Waals surface area contributed by atoms with Gasteiger partial charge in [0.25, 0.3) is 0 Å². The van der Waals surface area contributed by atoms with Crippen molar-refractivity contribution in [3.05, 3.63) is 30.5 Å². The first kappa shape index (κ1) is 10.3. The van der Waals surface area contributed by atoms with E-state index in [4.69, 9.17) is 0 Å². The van der Waals surface area contributed by atoms with Crippen LogP contribution in [0.5, 0.6) is 0 Å². The molecule has 3 rings (SSSR count). The number of hydrogen-bond acceptors (Lipinski definition) is 3.